The second kappa shape index (κ2) is 6.18. The lowest BCUT2D eigenvalue weighted by atomic mass is 9.70. The molecule has 1 amide bonds. The number of ketones is 1. The molecule has 2 bridgehead atoms. The van der Waals surface area contributed by atoms with Gasteiger partial charge in [-0.05, 0) is 57.1 Å². The van der Waals surface area contributed by atoms with Gasteiger partial charge in [-0.2, -0.15) is 0 Å². The van der Waals surface area contributed by atoms with Crippen molar-refractivity contribution in [2.75, 3.05) is 5.32 Å². The van der Waals surface area contributed by atoms with Crippen LogP contribution < -0.4 is 5.32 Å². The van der Waals surface area contributed by atoms with Crippen LogP contribution in [0.2, 0.25) is 0 Å². The third-order valence-electron chi connectivity index (χ3n) is 6.35. The number of nitrogens with one attached hydrogen (secondary N) is 1. The number of anilines is 1. The predicted molar refractivity (Wildman–Crippen MR) is 104 cm³/mol. The van der Waals surface area contributed by atoms with Crippen molar-refractivity contribution in [2.45, 2.75) is 60.0 Å². The van der Waals surface area contributed by atoms with Crippen LogP contribution in [0.1, 0.15) is 59.9 Å². The minimum absolute atomic E-state index is 0.0396. The molecule has 5 heteroatoms. The number of halogens is 1. The fourth-order valence-corrected chi connectivity index (χ4v) is 4.46. The topological polar surface area (TPSA) is 55.4 Å². The van der Waals surface area contributed by atoms with Crippen LogP contribution in [0.4, 0.5) is 14.9 Å². The summed E-state index contributed by atoms with van der Waals surface area (Å²) in [7, 11) is 0. The zero-order chi connectivity index (χ0) is 20.2. The van der Waals surface area contributed by atoms with E-state index in [1.807, 2.05) is 6.92 Å². The number of hydrogen-bond donors (Lipinski definition) is 1. The van der Waals surface area contributed by atoms with Gasteiger partial charge >= 0.3 is 6.09 Å². The van der Waals surface area contributed by atoms with Crippen LogP contribution in [0.5, 0.6) is 0 Å². The van der Waals surface area contributed by atoms with Crippen LogP contribution in [0, 0.1) is 22.6 Å². The Morgan fingerprint density at radius 2 is 1.96 bits per heavy atom. The zero-order valence-corrected chi connectivity index (χ0v) is 16.9. The molecule has 3 rings (SSSR count). The van der Waals surface area contributed by atoms with Crippen molar-refractivity contribution in [1.82, 2.24) is 0 Å². The van der Waals surface area contributed by atoms with E-state index in [-0.39, 0.29) is 28.2 Å². The van der Waals surface area contributed by atoms with Crippen LogP contribution >= 0.6 is 0 Å². The van der Waals surface area contributed by atoms with Crippen molar-refractivity contribution in [3.8, 4) is 0 Å². The lowest BCUT2D eigenvalue weighted by Crippen LogP contribution is -2.32. The number of hydrogen-bond acceptors (Lipinski definition) is 3. The normalized spacial score (nSPS) is 27.9. The highest BCUT2D eigenvalue weighted by atomic mass is 19.1. The maximum atomic E-state index is 14.4. The Morgan fingerprint density at radius 3 is 2.52 bits per heavy atom. The van der Waals surface area contributed by atoms with E-state index in [4.69, 9.17) is 4.74 Å². The molecule has 1 N–H and O–H groups in total. The number of para-hydroxylation sites is 1. The molecule has 27 heavy (non-hydrogen) atoms. The van der Waals surface area contributed by atoms with Gasteiger partial charge in [-0.1, -0.05) is 32.9 Å². The van der Waals surface area contributed by atoms with E-state index < -0.39 is 17.5 Å². The van der Waals surface area contributed by atoms with Gasteiger partial charge in [0.05, 0.1) is 5.69 Å². The predicted octanol–water partition coefficient (Wildman–Crippen LogP) is 5.58. The number of ether oxygens (including phenoxy) is 1. The highest BCUT2D eigenvalue weighted by Crippen LogP contribution is 2.65. The Labute approximate surface area is 160 Å². The Hall–Kier alpha value is -2.17. The molecule has 0 aliphatic heterocycles. The average molecular weight is 373 g/mol. The molecule has 2 saturated carbocycles. The minimum Gasteiger partial charge on any atom is -0.444 e. The van der Waals surface area contributed by atoms with Gasteiger partial charge < -0.3 is 4.74 Å². The van der Waals surface area contributed by atoms with E-state index in [0.29, 0.717) is 5.56 Å². The molecule has 4 nitrogen and oxygen atoms in total. The molecule has 0 unspecified atom stereocenters. The second-order valence-electron chi connectivity index (χ2n) is 9.40. The van der Waals surface area contributed by atoms with Crippen molar-refractivity contribution in [2.24, 2.45) is 16.7 Å². The van der Waals surface area contributed by atoms with Crippen LogP contribution in [-0.4, -0.2) is 17.5 Å². The quantitative estimate of drug-likeness (QED) is 0.688. The Balaban J connectivity index is 1.97. The molecular weight excluding hydrogens is 345 g/mol. The van der Waals surface area contributed by atoms with Gasteiger partial charge in [-0.15, -0.1) is 0 Å². The largest absolute Gasteiger partial charge is 0.444 e. The number of benzene rings is 1. The van der Waals surface area contributed by atoms with Gasteiger partial charge in [0.25, 0.3) is 0 Å². The van der Waals surface area contributed by atoms with Crippen LogP contribution in [0.25, 0.3) is 6.08 Å². The molecule has 2 fully saturated rings. The third kappa shape index (κ3) is 3.17. The molecule has 0 heterocycles. The average Bonchev–Trinajstić information content (AvgIpc) is 2.83. The monoisotopic (exact) mass is 373 g/mol. The number of rotatable bonds is 2. The molecule has 2 aliphatic carbocycles. The Bertz CT molecular complexity index is 834. The summed E-state index contributed by atoms with van der Waals surface area (Å²) in [5.74, 6) is -0.278. The molecule has 0 aromatic heterocycles. The summed E-state index contributed by atoms with van der Waals surface area (Å²) in [6, 6.07) is 4.56. The summed E-state index contributed by atoms with van der Waals surface area (Å²) >= 11 is 0. The first-order valence-electron chi connectivity index (χ1n) is 9.42. The standard InChI is InChI=1S/C22H28FNO3/c1-20(2,3)27-19(26)24-17-13(8-7-9-16(17)23)12-14-15-10-11-22(6,18(14)25)21(15,4)5/h7-9,12,15H,10-11H2,1-6H3,(H,24,26)/b14-12+/t15-,22+/m1/s1. The van der Waals surface area contributed by atoms with E-state index in [2.05, 4.69) is 19.2 Å². The van der Waals surface area contributed by atoms with E-state index in [0.717, 1.165) is 18.4 Å². The van der Waals surface area contributed by atoms with E-state index in [1.54, 1.807) is 39.0 Å². The molecule has 146 valence electrons. The number of amides is 1. The first kappa shape index (κ1) is 19.6. The van der Waals surface area contributed by atoms with Gasteiger partial charge in [0.1, 0.15) is 11.4 Å². The zero-order valence-electron chi connectivity index (χ0n) is 16.9. The van der Waals surface area contributed by atoms with Crippen LogP contribution in [0.3, 0.4) is 0 Å². The van der Waals surface area contributed by atoms with Gasteiger partial charge in [0, 0.05) is 16.6 Å². The summed E-state index contributed by atoms with van der Waals surface area (Å²) < 4.78 is 19.7. The first-order valence-corrected chi connectivity index (χ1v) is 9.42. The SMILES string of the molecule is CC(C)(C)OC(=O)Nc1c(F)cccc1/C=C1/C(=O)[C@]2(C)CC[C@H]1C2(C)C. The summed E-state index contributed by atoms with van der Waals surface area (Å²) in [6.07, 6.45) is 2.85. The first-order chi connectivity index (χ1) is 12.4. The third-order valence-corrected chi connectivity index (χ3v) is 6.35. The summed E-state index contributed by atoms with van der Waals surface area (Å²) in [5.41, 5.74) is 0.0607. The molecule has 0 radical (unpaired) electrons. The summed E-state index contributed by atoms with van der Waals surface area (Å²) in [5, 5.41) is 2.51. The second-order valence-corrected chi connectivity index (χ2v) is 9.40. The van der Waals surface area contributed by atoms with Crippen LogP contribution in [0.15, 0.2) is 23.8 Å². The molecule has 2 aliphatic rings. The highest BCUT2D eigenvalue weighted by molar-refractivity contribution is 6.08. The summed E-state index contributed by atoms with van der Waals surface area (Å²) in [6.45, 7) is 11.5. The lowest BCUT2D eigenvalue weighted by molar-refractivity contribution is -0.125. The van der Waals surface area contributed by atoms with E-state index in [1.165, 1.54) is 6.07 Å². The number of allylic oxidation sites excluding steroid dienone is 1. The highest BCUT2D eigenvalue weighted by Gasteiger charge is 2.63. The maximum absolute atomic E-state index is 14.4. The fourth-order valence-electron chi connectivity index (χ4n) is 4.46. The fraction of sp³-hybridized carbons (Fsp3) is 0.545. The number of carbonyl (C=O) groups is 2. The Kier molecular flexibility index (Phi) is 4.48. The van der Waals surface area contributed by atoms with Crippen molar-refractivity contribution in [3.63, 3.8) is 0 Å². The van der Waals surface area contributed by atoms with E-state index in [9.17, 15) is 14.0 Å². The molecule has 0 saturated heterocycles. The van der Waals surface area contributed by atoms with Crippen molar-refractivity contribution in [3.05, 3.63) is 35.2 Å². The minimum atomic E-state index is -0.723. The number of fused-ring (bicyclic) bond motifs is 2. The van der Waals surface area contributed by atoms with Gasteiger partial charge in [-0.3, -0.25) is 10.1 Å². The van der Waals surface area contributed by atoms with Crippen molar-refractivity contribution < 1.29 is 18.7 Å². The van der Waals surface area contributed by atoms with Gasteiger partial charge in [0.2, 0.25) is 0 Å². The van der Waals surface area contributed by atoms with Crippen molar-refractivity contribution in [1.29, 1.82) is 0 Å². The van der Waals surface area contributed by atoms with Crippen molar-refractivity contribution >= 4 is 23.6 Å². The van der Waals surface area contributed by atoms with Crippen LogP contribution in [-0.2, 0) is 9.53 Å². The smallest absolute Gasteiger partial charge is 0.412 e. The van der Waals surface area contributed by atoms with E-state index >= 15 is 0 Å². The molecule has 1 aromatic carbocycles. The molecule has 0 spiro atoms. The molecular formula is C22H28FNO3. The maximum Gasteiger partial charge on any atom is 0.412 e. The van der Waals surface area contributed by atoms with Gasteiger partial charge in [-0.25, -0.2) is 9.18 Å². The lowest BCUT2D eigenvalue weighted by Gasteiger charge is -2.31. The van der Waals surface area contributed by atoms with Gasteiger partial charge in [0.15, 0.2) is 5.78 Å². The molecule has 1 aromatic rings. The molecule has 2 atom stereocenters. The Morgan fingerprint density at radius 1 is 1.30 bits per heavy atom. The number of carbonyl (C=O) groups excluding carboxylic acids is 2. The number of Topliss-reactive ketones (excluding diaryl/α,β-unsaturated/α-hetero) is 1. The summed E-state index contributed by atoms with van der Waals surface area (Å²) in [4.78, 5) is 25.2.